The zero-order valence-electron chi connectivity index (χ0n) is 16.5. The van der Waals surface area contributed by atoms with Gasteiger partial charge in [0.05, 0.1) is 13.2 Å². The molecular weight excluding hydrogens is 326 g/mol. The summed E-state index contributed by atoms with van der Waals surface area (Å²) in [5.74, 6) is 1.62. The van der Waals surface area contributed by atoms with Crippen LogP contribution in [0.4, 0.5) is 0 Å². The van der Waals surface area contributed by atoms with Crippen molar-refractivity contribution in [1.82, 2.24) is 4.90 Å². The van der Waals surface area contributed by atoms with Crippen LogP contribution in [0.1, 0.15) is 57.9 Å². The summed E-state index contributed by atoms with van der Waals surface area (Å²) in [5, 5.41) is 0. The van der Waals surface area contributed by atoms with Gasteiger partial charge in [0, 0.05) is 37.1 Å². The number of nitrogens with zero attached hydrogens (tertiary/aromatic N) is 1. The van der Waals surface area contributed by atoms with Gasteiger partial charge in [-0.25, -0.2) is 0 Å². The highest BCUT2D eigenvalue weighted by Gasteiger charge is 2.43. The maximum Gasteiger partial charge on any atom is 0.223 e. The van der Waals surface area contributed by atoms with Crippen molar-refractivity contribution in [3.05, 3.63) is 29.8 Å². The predicted octanol–water partition coefficient (Wildman–Crippen LogP) is 4.17. The fraction of sp³-hybridized carbons (Fsp3) is 0.682. The van der Waals surface area contributed by atoms with Gasteiger partial charge in [0.15, 0.2) is 0 Å². The van der Waals surface area contributed by atoms with Crippen LogP contribution in [0.2, 0.25) is 0 Å². The molecule has 0 N–H and O–H groups in total. The fourth-order valence-electron chi connectivity index (χ4n) is 4.51. The fourth-order valence-corrected chi connectivity index (χ4v) is 4.51. The number of piperidine rings is 1. The summed E-state index contributed by atoms with van der Waals surface area (Å²) < 4.78 is 11.7. The van der Waals surface area contributed by atoms with Crippen LogP contribution in [0.25, 0.3) is 0 Å². The molecule has 1 amide bonds. The predicted molar refractivity (Wildman–Crippen MR) is 104 cm³/mol. The second kappa shape index (κ2) is 8.43. The van der Waals surface area contributed by atoms with Crippen molar-refractivity contribution in [2.24, 2.45) is 5.92 Å². The van der Waals surface area contributed by atoms with E-state index in [1.807, 2.05) is 12.1 Å². The first-order valence-corrected chi connectivity index (χ1v) is 10.1. The van der Waals surface area contributed by atoms with Crippen molar-refractivity contribution >= 4 is 5.91 Å². The number of benzene rings is 1. The molecule has 2 fully saturated rings. The Hall–Kier alpha value is -1.55. The first-order valence-electron chi connectivity index (χ1n) is 10.1. The Kier molecular flexibility index (Phi) is 6.23. The third-order valence-corrected chi connectivity index (χ3v) is 6.12. The minimum Gasteiger partial charge on any atom is -0.496 e. The van der Waals surface area contributed by atoms with Crippen LogP contribution in [0, 0.1) is 5.92 Å². The van der Waals surface area contributed by atoms with Gasteiger partial charge in [-0.15, -0.1) is 0 Å². The van der Waals surface area contributed by atoms with Gasteiger partial charge < -0.3 is 14.4 Å². The molecule has 2 saturated heterocycles. The molecule has 0 aromatic heterocycles. The lowest BCUT2D eigenvalue weighted by Crippen LogP contribution is -2.46. The highest BCUT2D eigenvalue weighted by molar-refractivity contribution is 5.78. The van der Waals surface area contributed by atoms with E-state index in [1.54, 1.807) is 7.11 Å². The summed E-state index contributed by atoms with van der Waals surface area (Å²) >= 11 is 0. The van der Waals surface area contributed by atoms with E-state index in [0.717, 1.165) is 44.5 Å². The summed E-state index contributed by atoms with van der Waals surface area (Å²) in [6.45, 7) is 6.93. The molecule has 0 radical (unpaired) electrons. The maximum absolute atomic E-state index is 13.2. The van der Waals surface area contributed by atoms with Crippen molar-refractivity contribution in [2.75, 3.05) is 26.8 Å². The largest absolute Gasteiger partial charge is 0.496 e. The Labute approximate surface area is 157 Å². The SMILES string of the molecule is COc1ccccc1[C@]1(CC(=O)N2CCCCC2)CCO[C@H](C(C)C)C1. The van der Waals surface area contributed by atoms with Crippen molar-refractivity contribution in [1.29, 1.82) is 0 Å². The number of carbonyl (C=O) groups is 1. The number of hydrogen-bond donors (Lipinski definition) is 0. The van der Waals surface area contributed by atoms with Crippen LogP contribution in [-0.2, 0) is 14.9 Å². The van der Waals surface area contributed by atoms with Gasteiger partial charge >= 0.3 is 0 Å². The topological polar surface area (TPSA) is 38.8 Å². The Balaban J connectivity index is 1.92. The molecule has 4 heteroatoms. The highest BCUT2D eigenvalue weighted by atomic mass is 16.5. The molecule has 4 nitrogen and oxygen atoms in total. The smallest absolute Gasteiger partial charge is 0.223 e. The zero-order valence-corrected chi connectivity index (χ0v) is 16.5. The molecule has 1 aromatic rings. The van der Waals surface area contributed by atoms with Crippen molar-refractivity contribution in [3.8, 4) is 5.75 Å². The van der Waals surface area contributed by atoms with E-state index in [1.165, 1.54) is 12.0 Å². The van der Waals surface area contributed by atoms with Crippen LogP contribution in [0.15, 0.2) is 24.3 Å². The van der Waals surface area contributed by atoms with E-state index >= 15 is 0 Å². The lowest BCUT2D eigenvalue weighted by atomic mass is 9.68. The lowest BCUT2D eigenvalue weighted by molar-refractivity contribution is -0.135. The van der Waals surface area contributed by atoms with Gasteiger partial charge in [0.25, 0.3) is 0 Å². The van der Waals surface area contributed by atoms with E-state index in [4.69, 9.17) is 9.47 Å². The van der Waals surface area contributed by atoms with Gasteiger partial charge in [-0.3, -0.25) is 4.79 Å². The molecule has 0 spiro atoms. The minimum absolute atomic E-state index is 0.183. The molecule has 0 saturated carbocycles. The number of hydrogen-bond acceptors (Lipinski definition) is 3. The summed E-state index contributed by atoms with van der Waals surface area (Å²) in [7, 11) is 1.72. The zero-order chi connectivity index (χ0) is 18.6. The molecule has 2 heterocycles. The van der Waals surface area contributed by atoms with Gasteiger partial charge in [0.1, 0.15) is 5.75 Å². The van der Waals surface area contributed by atoms with E-state index in [0.29, 0.717) is 24.9 Å². The lowest BCUT2D eigenvalue weighted by Gasteiger charge is -2.44. The molecule has 1 aromatic carbocycles. The number of rotatable bonds is 5. The van der Waals surface area contributed by atoms with Crippen LogP contribution in [-0.4, -0.2) is 43.7 Å². The number of para-hydroxylation sites is 1. The minimum atomic E-state index is -0.200. The summed E-state index contributed by atoms with van der Waals surface area (Å²) in [5.41, 5.74) is 0.968. The van der Waals surface area contributed by atoms with Crippen LogP contribution >= 0.6 is 0 Å². The highest BCUT2D eigenvalue weighted by Crippen LogP contribution is 2.45. The normalized spacial score (nSPS) is 26.8. The molecule has 3 rings (SSSR count). The van der Waals surface area contributed by atoms with Gasteiger partial charge in [-0.2, -0.15) is 0 Å². The van der Waals surface area contributed by atoms with Crippen LogP contribution in [0.5, 0.6) is 5.75 Å². The molecule has 144 valence electrons. The molecule has 2 atom stereocenters. The molecular formula is C22H33NO3. The van der Waals surface area contributed by atoms with Crippen molar-refractivity contribution < 1.29 is 14.3 Å². The first kappa shape index (κ1) is 19.2. The number of carbonyl (C=O) groups excluding carboxylic acids is 1. The van der Waals surface area contributed by atoms with E-state index < -0.39 is 0 Å². The third kappa shape index (κ3) is 4.06. The number of amides is 1. The second-order valence-electron chi connectivity index (χ2n) is 8.21. The van der Waals surface area contributed by atoms with Crippen molar-refractivity contribution in [2.45, 2.75) is 63.9 Å². The van der Waals surface area contributed by atoms with E-state index in [2.05, 4.69) is 30.9 Å². The summed E-state index contributed by atoms with van der Waals surface area (Å²) in [6, 6.07) is 8.22. The third-order valence-electron chi connectivity index (χ3n) is 6.12. The standard InChI is InChI=1S/C22H33NO3/c1-17(2)20-15-22(11-14-26-20,18-9-5-6-10-19(18)25-3)16-21(24)23-12-7-4-8-13-23/h5-6,9-10,17,20H,4,7-8,11-16H2,1-3H3/t20-,22+/m0/s1. The van der Waals surface area contributed by atoms with E-state index in [9.17, 15) is 4.79 Å². The Morgan fingerprint density at radius 3 is 2.69 bits per heavy atom. The average molecular weight is 360 g/mol. The second-order valence-corrected chi connectivity index (χ2v) is 8.21. The molecule has 0 unspecified atom stereocenters. The van der Waals surface area contributed by atoms with Crippen LogP contribution in [0.3, 0.4) is 0 Å². The number of likely N-dealkylation sites (tertiary alicyclic amines) is 1. The molecule has 26 heavy (non-hydrogen) atoms. The monoisotopic (exact) mass is 359 g/mol. The Bertz CT molecular complexity index is 609. The summed E-state index contributed by atoms with van der Waals surface area (Å²) in [4.78, 5) is 15.2. The summed E-state index contributed by atoms with van der Waals surface area (Å²) in [6.07, 6.45) is 5.99. The molecule has 0 bridgehead atoms. The maximum atomic E-state index is 13.2. The van der Waals surface area contributed by atoms with E-state index in [-0.39, 0.29) is 11.5 Å². The van der Waals surface area contributed by atoms with Crippen LogP contribution < -0.4 is 4.74 Å². The average Bonchev–Trinajstić information content (AvgIpc) is 2.68. The number of methoxy groups -OCH3 is 1. The Morgan fingerprint density at radius 1 is 1.27 bits per heavy atom. The van der Waals surface area contributed by atoms with Crippen molar-refractivity contribution in [3.63, 3.8) is 0 Å². The quantitative estimate of drug-likeness (QED) is 0.792. The number of ether oxygens (including phenoxy) is 2. The van der Waals surface area contributed by atoms with Gasteiger partial charge in [-0.05, 0) is 44.1 Å². The van der Waals surface area contributed by atoms with Gasteiger partial charge in [0.2, 0.25) is 5.91 Å². The Morgan fingerprint density at radius 2 is 2.00 bits per heavy atom. The first-order chi connectivity index (χ1) is 12.6. The molecule has 2 aliphatic heterocycles. The molecule has 2 aliphatic rings. The molecule has 0 aliphatic carbocycles. The van der Waals surface area contributed by atoms with Gasteiger partial charge in [-0.1, -0.05) is 32.0 Å².